The number of aromatic hydroxyl groups is 1. The van der Waals surface area contributed by atoms with Gasteiger partial charge in [-0.2, -0.15) is 0 Å². The minimum absolute atomic E-state index is 0.0370. The Labute approximate surface area is 162 Å². The number of methoxy groups -OCH3 is 1. The summed E-state index contributed by atoms with van der Waals surface area (Å²) in [5.41, 5.74) is 1.10. The number of para-hydroxylation sites is 1. The van der Waals surface area contributed by atoms with Crippen molar-refractivity contribution in [3.63, 3.8) is 0 Å². The van der Waals surface area contributed by atoms with Crippen molar-refractivity contribution in [3.8, 4) is 11.5 Å². The Kier molecular flexibility index (Phi) is 5.51. The van der Waals surface area contributed by atoms with Crippen LogP contribution in [0.3, 0.4) is 0 Å². The second kappa shape index (κ2) is 8.01. The normalized spacial score (nSPS) is 10.9. The molecular weight excluding hydrogens is 380 g/mol. The van der Waals surface area contributed by atoms with Gasteiger partial charge in [-0.15, -0.1) is 0 Å². The van der Waals surface area contributed by atoms with E-state index in [1.165, 1.54) is 43.5 Å². The largest absolute Gasteiger partial charge is 0.504 e. The van der Waals surface area contributed by atoms with E-state index < -0.39 is 15.9 Å². The van der Waals surface area contributed by atoms with Crippen molar-refractivity contribution in [2.75, 3.05) is 17.1 Å². The monoisotopic (exact) mass is 398 g/mol. The molecule has 0 aromatic heterocycles. The zero-order chi connectivity index (χ0) is 20.1. The van der Waals surface area contributed by atoms with Crippen LogP contribution in [0.2, 0.25) is 0 Å². The summed E-state index contributed by atoms with van der Waals surface area (Å²) in [6.07, 6.45) is 0. The molecule has 0 saturated heterocycles. The van der Waals surface area contributed by atoms with E-state index in [2.05, 4.69) is 10.0 Å². The van der Waals surface area contributed by atoms with Gasteiger partial charge in [0, 0.05) is 23.0 Å². The van der Waals surface area contributed by atoms with Crippen LogP contribution in [0, 0.1) is 0 Å². The number of rotatable bonds is 6. The van der Waals surface area contributed by atoms with Gasteiger partial charge in [-0.25, -0.2) is 8.42 Å². The van der Waals surface area contributed by atoms with Crippen molar-refractivity contribution in [3.05, 3.63) is 78.4 Å². The van der Waals surface area contributed by atoms with E-state index in [1.54, 1.807) is 36.4 Å². The van der Waals surface area contributed by atoms with Crippen molar-refractivity contribution < 1.29 is 23.1 Å². The molecule has 8 heteroatoms. The van der Waals surface area contributed by atoms with Gasteiger partial charge < -0.3 is 15.2 Å². The first kappa shape index (κ1) is 19.2. The van der Waals surface area contributed by atoms with Crippen molar-refractivity contribution in [1.82, 2.24) is 0 Å². The summed E-state index contributed by atoms with van der Waals surface area (Å²) in [7, 11) is -2.33. The smallest absolute Gasteiger partial charge is 0.261 e. The molecule has 7 nitrogen and oxygen atoms in total. The summed E-state index contributed by atoms with van der Waals surface area (Å²) >= 11 is 0. The number of carbonyl (C=O) groups excluding carboxylic acids is 1. The first-order valence-electron chi connectivity index (χ1n) is 8.25. The van der Waals surface area contributed by atoms with Gasteiger partial charge in [-0.1, -0.05) is 18.2 Å². The number of ether oxygens (including phenoxy) is 1. The van der Waals surface area contributed by atoms with Crippen molar-refractivity contribution in [2.45, 2.75) is 4.90 Å². The van der Waals surface area contributed by atoms with Crippen LogP contribution in [0.5, 0.6) is 11.5 Å². The number of phenolic OH excluding ortho intramolecular Hbond substituents is 1. The molecule has 0 unspecified atom stereocenters. The number of nitrogens with one attached hydrogen (secondary N) is 2. The average molecular weight is 398 g/mol. The Morgan fingerprint density at radius 3 is 2.21 bits per heavy atom. The molecule has 3 rings (SSSR count). The fraction of sp³-hybridized carbons (Fsp3) is 0.0500. The lowest BCUT2D eigenvalue weighted by molar-refractivity contribution is 0.102. The number of benzene rings is 3. The van der Waals surface area contributed by atoms with Gasteiger partial charge in [-0.3, -0.25) is 9.52 Å². The fourth-order valence-corrected chi connectivity index (χ4v) is 3.54. The van der Waals surface area contributed by atoms with E-state index in [1.807, 2.05) is 0 Å². The highest BCUT2D eigenvalue weighted by Gasteiger charge is 2.15. The van der Waals surface area contributed by atoms with Crippen LogP contribution in [0.4, 0.5) is 11.4 Å². The molecule has 28 heavy (non-hydrogen) atoms. The van der Waals surface area contributed by atoms with Gasteiger partial charge >= 0.3 is 0 Å². The van der Waals surface area contributed by atoms with Gasteiger partial charge in [0.15, 0.2) is 11.5 Å². The van der Waals surface area contributed by atoms with Gasteiger partial charge in [0.25, 0.3) is 15.9 Å². The van der Waals surface area contributed by atoms with E-state index >= 15 is 0 Å². The first-order valence-corrected chi connectivity index (χ1v) is 9.73. The maximum Gasteiger partial charge on any atom is 0.261 e. The average Bonchev–Trinajstić information content (AvgIpc) is 2.69. The zero-order valence-electron chi connectivity index (χ0n) is 14.9. The van der Waals surface area contributed by atoms with E-state index in [0.29, 0.717) is 17.1 Å². The first-order chi connectivity index (χ1) is 13.4. The third kappa shape index (κ3) is 4.41. The van der Waals surface area contributed by atoms with Crippen LogP contribution in [-0.4, -0.2) is 26.5 Å². The number of hydrogen-bond acceptors (Lipinski definition) is 5. The van der Waals surface area contributed by atoms with Gasteiger partial charge in [-0.05, 0) is 48.5 Å². The number of amides is 1. The van der Waals surface area contributed by atoms with Gasteiger partial charge in [0.05, 0.1) is 12.0 Å². The quantitative estimate of drug-likeness (QED) is 0.590. The molecule has 3 N–H and O–H groups in total. The van der Waals surface area contributed by atoms with E-state index in [4.69, 9.17) is 4.74 Å². The molecule has 0 aliphatic rings. The van der Waals surface area contributed by atoms with Crippen LogP contribution in [0.25, 0.3) is 0 Å². The molecule has 0 spiro atoms. The van der Waals surface area contributed by atoms with E-state index in [-0.39, 0.29) is 16.2 Å². The number of carbonyl (C=O) groups is 1. The van der Waals surface area contributed by atoms with Gasteiger partial charge in [0.2, 0.25) is 0 Å². The molecule has 1 amide bonds. The van der Waals surface area contributed by atoms with E-state index in [0.717, 1.165) is 0 Å². The van der Waals surface area contributed by atoms with Gasteiger partial charge in [0.1, 0.15) is 0 Å². The number of anilines is 2. The minimum Gasteiger partial charge on any atom is -0.504 e. The number of hydrogen-bond donors (Lipinski definition) is 3. The second-order valence-electron chi connectivity index (χ2n) is 5.84. The van der Waals surface area contributed by atoms with Crippen molar-refractivity contribution in [2.24, 2.45) is 0 Å². The molecule has 0 heterocycles. The molecule has 144 valence electrons. The predicted molar refractivity (Wildman–Crippen MR) is 106 cm³/mol. The Hall–Kier alpha value is -3.52. The lowest BCUT2D eigenvalue weighted by Gasteiger charge is -2.10. The summed E-state index contributed by atoms with van der Waals surface area (Å²) in [5, 5.41) is 12.4. The fourth-order valence-electron chi connectivity index (χ4n) is 2.48. The molecule has 3 aromatic rings. The second-order valence-corrected chi connectivity index (χ2v) is 7.52. The lowest BCUT2D eigenvalue weighted by Crippen LogP contribution is -2.14. The summed E-state index contributed by atoms with van der Waals surface area (Å²) in [4.78, 5) is 12.4. The molecule has 0 fully saturated rings. The molecule has 0 radical (unpaired) electrons. The van der Waals surface area contributed by atoms with Crippen molar-refractivity contribution >= 4 is 27.3 Å². The summed E-state index contributed by atoms with van der Waals surface area (Å²) < 4.78 is 32.3. The minimum atomic E-state index is -3.76. The summed E-state index contributed by atoms with van der Waals surface area (Å²) in [5.74, 6) is -0.253. The van der Waals surface area contributed by atoms with Crippen LogP contribution in [0.15, 0.2) is 77.7 Å². The Morgan fingerprint density at radius 2 is 1.61 bits per heavy atom. The number of phenols is 1. The van der Waals surface area contributed by atoms with Crippen LogP contribution in [0.1, 0.15) is 10.4 Å². The van der Waals surface area contributed by atoms with E-state index in [9.17, 15) is 18.3 Å². The standard InChI is InChI=1S/C20H18N2O5S/c1-27-19-12-9-16(13-18(19)23)21-20(24)14-7-10-17(11-8-14)28(25,26)22-15-5-3-2-4-6-15/h2-13,22-23H,1H3,(H,21,24). The Bertz CT molecular complexity index is 1080. The molecule has 0 aliphatic heterocycles. The van der Waals surface area contributed by atoms with Crippen molar-refractivity contribution in [1.29, 1.82) is 0 Å². The highest BCUT2D eigenvalue weighted by atomic mass is 32.2. The molecule has 0 atom stereocenters. The highest BCUT2D eigenvalue weighted by molar-refractivity contribution is 7.92. The molecule has 0 aliphatic carbocycles. The number of sulfonamides is 1. The predicted octanol–water partition coefficient (Wildman–Crippen LogP) is 3.45. The topological polar surface area (TPSA) is 105 Å². The molecule has 0 saturated carbocycles. The molecule has 3 aromatic carbocycles. The van der Waals surface area contributed by atoms with Crippen LogP contribution < -0.4 is 14.8 Å². The summed E-state index contributed by atoms with van der Waals surface area (Å²) in [6.45, 7) is 0. The SMILES string of the molecule is COc1ccc(NC(=O)c2ccc(S(=O)(=O)Nc3ccccc3)cc2)cc1O. The third-order valence-corrected chi connectivity index (χ3v) is 5.29. The highest BCUT2D eigenvalue weighted by Crippen LogP contribution is 2.28. The summed E-state index contributed by atoms with van der Waals surface area (Å²) in [6, 6.07) is 18.5. The Morgan fingerprint density at radius 1 is 0.929 bits per heavy atom. The third-order valence-electron chi connectivity index (χ3n) is 3.89. The maximum absolute atomic E-state index is 12.4. The van der Waals surface area contributed by atoms with Crippen LogP contribution >= 0.6 is 0 Å². The van der Waals surface area contributed by atoms with Crippen LogP contribution in [-0.2, 0) is 10.0 Å². The Balaban J connectivity index is 1.73. The maximum atomic E-state index is 12.4. The lowest BCUT2D eigenvalue weighted by atomic mass is 10.2. The molecule has 0 bridgehead atoms. The zero-order valence-corrected chi connectivity index (χ0v) is 15.7. The molecular formula is C20H18N2O5S.